The average molecular weight is 381 g/mol. The maximum Gasteiger partial charge on any atom is 0.241 e. The van der Waals surface area contributed by atoms with Crippen molar-refractivity contribution in [1.82, 2.24) is 21.1 Å². The Labute approximate surface area is 161 Å². The lowest BCUT2D eigenvalue weighted by Gasteiger charge is -2.32. The number of ether oxygens (including phenoxy) is 1. The van der Waals surface area contributed by atoms with Crippen LogP contribution in [-0.2, 0) is 16.1 Å². The first kappa shape index (κ1) is 19.6. The number of hydrogen-bond donors (Lipinski definition) is 3. The fourth-order valence-electron chi connectivity index (χ4n) is 4.23. The highest BCUT2D eigenvalue weighted by Crippen LogP contribution is 2.23. The van der Waals surface area contributed by atoms with Gasteiger partial charge in [0.2, 0.25) is 5.91 Å². The van der Waals surface area contributed by atoms with Gasteiger partial charge in [-0.3, -0.25) is 10.2 Å². The van der Waals surface area contributed by atoms with Crippen LogP contribution in [0.4, 0.5) is 0 Å². The molecule has 144 valence electrons. The van der Waals surface area contributed by atoms with Crippen LogP contribution in [0.1, 0.15) is 24.8 Å². The summed E-state index contributed by atoms with van der Waals surface area (Å²) in [5.41, 5.74) is 7.77. The van der Waals surface area contributed by atoms with Gasteiger partial charge in [-0.15, -0.1) is 12.4 Å². The standard InChI is InChI=1S/C19H28N4O2.ClH/c24-19(18-16-11-20-9-8-17(16)21-22-18)23(13-15-7-4-10-25-15)12-14-5-2-1-3-6-14;/h1-3,5-6,15-18,20-22H,4,7-13H2;1H. The number of fused-ring (bicyclic) bond motifs is 1. The minimum Gasteiger partial charge on any atom is -0.376 e. The average Bonchev–Trinajstić information content (AvgIpc) is 3.31. The molecule has 3 heterocycles. The zero-order valence-electron chi connectivity index (χ0n) is 15.0. The fraction of sp³-hybridized carbons (Fsp3) is 0.632. The smallest absolute Gasteiger partial charge is 0.241 e. The molecule has 0 aliphatic carbocycles. The number of nitrogens with one attached hydrogen (secondary N) is 3. The molecule has 0 spiro atoms. The van der Waals surface area contributed by atoms with Gasteiger partial charge in [0, 0.05) is 38.2 Å². The molecule has 1 amide bonds. The highest BCUT2D eigenvalue weighted by atomic mass is 35.5. The molecule has 4 rings (SSSR count). The fourth-order valence-corrected chi connectivity index (χ4v) is 4.23. The van der Waals surface area contributed by atoms with Gasteiger partial charge in [0.05, 0.1) is 6.10 Å². The van der Waals surface area contributed by atoms with Crippen molar-refractivity contribution in [3.63, 3.8) is 0 Å². The number of hydrogen-bond acceptors (Lipinski definition) is 5. The number of carbonyl (C=O) groups is 1. The Morgan fingerprint density at radius 3 is 2.81 bits per heavy atom. The lowest BCUT2D eigenvalue weighted by molar-refractivity contribution is -0.136. The van der Waals surface area contributed by atoms with Gasteiger partial charge in [-0.1, -0.05) is 30.3 Å². The number of piperidine rings is 1. The lowest BCUT2D eigenvalue weighted by atomic mass is 9.88. The van der Waals surface area contributed by atoms with Crippen molar-refractivity contribution >= 4 is 18.3 Å². The summed E-state index contributed by atoms with van der Waals surface area (Å²) in [5.74, 6) is 0.493. The summed E-state index contributed by atoms with van der Waals surface area (Å²) < 4.78 is 5.80. The molecule has 1 aromatic carbocycles. The molecule has 4 unspecified atom stereocenters. The second-order valence-corrected chi connectivity index (χ2v) is 7.37. The molecule has 7 heteroatoms. The van der Waals surface area contributed by atoms with E-state index in [4.69, 9.17) is 4.74 Å². The molecule has 3 aliphatic rings. The van der Waals surface area contributed by atoms with Crippen molar-refractivity contribution in [3.8, 4) is 0 Å². The third kappa shape index (κ3) is 4.38. The van der Waals surface area contributed by atoms with E-state index < -0.39 is 0 Å². The zero-order chi connectivity index (χ0) is 17.1. The van der Waals surface area contributed by atoms with Gasteiger partial charge in [0.15, 0.2) is 0 Å². The molecular formula is C19H29ClN4O2. The van der Waals surface area contributed by atoms with Gasteiger partial charge >= 0.3 is 0 Å². The van der Waals surface area contributed by atoms with Crippen molar-refractivity contribution in [1.29, 1.82) is 0 Å². The first-order valence-electron chi connectivity index (χ1n) is 9.47. The van der Waals surface area contributed by atoms with Gasteiger partial charge < -0.3 is 15.0 Å². The summed E-state index contributed by atoms with van der Waals surface area (Å²) in [6.07, 6.45) is 3.37. The normalized spacial score (nSPS) is 30.5. The minimum atomic E-state index is -0.164. The maximum absolute atomic E-state index is 13.3. The Bertz CT molecular complexity index is 582. The van der Waals surface area contributed by atoms with Gasteiger partial charge in [-0.05, 0) is 31.4 Å². The second-order valence-electron chi connectivity index (χ2n) is 7.37. The van der Waals surface area contributed by atoms with E-state index in [0.717, 1.165) is 44.5 Å². The van der Waals surface area contributed by atoms with Crippen LogP contribution in [0.15, 0.2) is 30.3 Å². The molecule has 6 nitrogen and oxygen atoms in total. The quantitative estimate of drug-likeness (QED) is 0.713. The Morgan fingerprint density at radius 1 is 1.19 bits per heavy atom. The number of amides is 1. The summed E-state index contributed by atoms with van der Waals surface area (Å²) in [7, 11) is 0. The van der Waals surface area contributed by atoms with Crippen LogP contribution in [0.5, 0.6) is 0 Å². The molecule has 0 bridgehead atoms. The van der Waals surface area contributed by atoms with Gasteiger partial charge in [0.25, 0.3) is 0 Å². The second kappa shape index (κ2) is 9.15. The Kier molecular flexibility index (Phi) is 6.89. The van der Waals surface area contributed by atoms with Crippen molar-refractivity contribution in [3.05, 3.63) is 35.9 Å². The molecular weight excluding hydrogens is 352 g/mol. The van der Waals surface area contributed by atoms with E-state index in [9.17, 15) is 4.79 Å². The van der Waals surface area contributed by atoms with Crippen LogP contribution >= 0.6 is 12.4 Å². The highest BCUT2D eigenvalue weighted by Gasteiger charge is 2.43. The Balaban J connectivity index is 0.00000196. The SMILES string of the molecule is Cl.O=C(C1NNC2CCNCC21)N(Cc1ccccc1)CC1CCCO1. The van der Waals surface area contributed by atoms with Crippen LogP contribution in [0.2, 0.25) is 0 Å². The van der Waals surface area contributed by atoms with E-state index >= 15 is 0 Å². The Hall–Kier alpha value is -1.18. The molecule has 4 atom stereocenters. The van der Waals surface area contributed by atoms with E-state index in [0.29, 0.717) is 25.0 Å². The van der Waals surface area contributed by atoms with Crippen molar-refractivity contribution < 1.29 is 9.53 Å². The molecule has 0 radical (unpaired) electrons. The van der Waals surface area contributed by atoms with Crippen LogP contribution in [0.25, 0.3) is 0 Å². The van der Waals surface area contributed by atoms with Crippen LogP contribution in [0, 0.1) is 5.92 Å². The first-order chi connectivity index (χ1) is 12.3. The molecule has 1 aromatic rings. The first-order valence-corrected chi connectivity index (χ1v) is 9.47. The molecule has 3 fully saturated rings. The minimum absolute atomic E-state index is 0. The topological polar surface area (TPSA) is 65.6 Å². The van der Waals surface area contributed by atoms with E-state index in [1.54, 1.807) is 0 Å². The molecule has 0 aromatic heterocycles. The summed E-state index contributed by atoms with van der Waals surface area (Å²) >= 11 is 0. The summed E-state index contributed by atoms with van der Waals surface area (Å²) in [6, 6.07) is 10.5. The Morgan fingerprint density at radius 2 is 2.04 bits per heavy atom. The molecule has 3 saturated heterocycles. The third-order valence-electron chi connectivity index (χ3n) is 5.62. The third-order valence-corrected chi connectivity index (χ3v) is 5.62. The monoisotopic (exact) mass is 380 g/mol. The predicted octanol–water partition coefficient (Wildman–Crippen LogP) is 1.07. The summed E-state index contributed by atoms with van der Waals surface area (Å²) in [4.78, 5) is 15.3. The maximum atomic E-state index is 13.3. The predicted molar refractivity (Wildman–Crippen MR) is 103 cm³/mol. The van der Waals surface area contributed by atoms with Crippen LogP contribution < -0.4 is 16.2 Å². The molecule has 0 saturated carbocycles. The van der Waals surface area contributed by atoms with E-state index in [1.165, 1.54) is 0 Å². The van der Waals surface area contributed by atoms with Crippen molar-refractivity contribution in [2.75, 3.05) is 26.2 Å². The molecule has 26 heavy (non-hydrogen) atoms. The van der Waals surface area contributed by atoms with Crippen LogP contribution in [0.3, 0.4) is 0 Å². The number of rotatable bonds is 5. The van der Waals surface area contributed by atoms with Crippen LogP contribution in [-0.4, -0.2) is 55.2 Å². The molecule has 3 N–H and O–H groups in total. The van der Waals surface area contributed by atoms with Gasteiger partial charge in [-0.2, -0.15) is 0 Å². The number of halogens is 1. The number of hydrazine groups is 1. The number of nitrogens with zero attached hydrogens (tertiary/aromatic N) is 1. The van der Waals surface area contributed by atoms with E-state index in [2.05, 4.69) is 28.3 Å². The van der Waals surface area contributed by atoms with E-state index in [-0.39, 0.29) is 30.5 Å². The van der Waals surface area contributed by atoms with Gasteiger partial charge in [0.1, 0.15) is 6.04 Å². The highest BCUT2D eigenvalue weighted by molar-refractivity contribution is 5.85. The number of benzene rings is 1. The van der Waals surface area contributed by atoms with Gasteiger partial charge in [-0.25, -0.2) is 5.43 Å². The largest absolute Gasteiger partial charge is 0.376 e. The number of carbonyl (C=O) groups excluding carboxylic acids is 1. The lowest BCUT2D eigenvalue weighted by Crippen LogP contribution is -2.51. The van der Waals surface area contributed by atoms with E-state index in [1.807, 2.05) is 23.1 Å². The summed E-state index contributed by atoms with van der Waals surface area (Å²) in [5, 5.41) is 3.43. The summed E-state index contributed by atoms with van der Waals surface area (Å²) in [6.45, 7) is 4.04. The molecule has 3 aliphatic heterocycles. The zero-order valence-corrected chi connectivity index (χ0v) is 15.8. The van der Waals surface area contributed by atoms with Crippen molar-refractivity contribution in [2.45, 2.75) is 44.0 Å². The van der Waals surface area contributed by atoms with Crippen molar-refractivity contribution in [2.24, 2.45) is 5.92 Å².